The van der Waals surface area contributed by atoms with Crippen LogP contribution in [0.1, 0.15) is 18.9 Å². The van der Waals surface area contributed by atoms with Crippen LogP contribution in [0.25, 0.3) is 22.2 Å². The molecule has 1 aromatic heterocycles. The molecule has 0 spiro atoms. The molecule has 0 unspecified atom stereocenters. The summed E-state index contributed by atoms with van der Waals surface area (Å²) in [4.78, 5) is 11.9. The Morgan fingerprint density at radius 2 is 2.10 bits per heavy atom. The molecule has 146 valence electrons. The number of carbonyl (C=O) groups is 1. The van der Waals surface area contributed by atoms with Gasteiger partial charge in [0.2, 0.25) is 0 Å². The first kappa shape index (κ1) is 19.9. The van der Waals surface area contributed by atoms with Gasteiger partial charge in [-0.3, -0.25) is 5.32 Å². The number of aromatic nitrogens is 1. The highest BCUT2D eigenvalue weighted by Crippen LogP contribution is 2.36. The summed E-state index contributed by atoms with van der Waals surface area (Å²) in [5.41, 5.74) is 3.69. The number of nitrogens with zero attached hydrogens (tertiary/aromatic N) is 2. The number of anilines is 1. The number of benzene rings is 2. The lowest BCUT2D eigenvalue weighted by Crippen LogP contribution is -2.14. The summed E-state index contributed by atoms with van der Waals surface area (Å²) < 4.78 is 12.4. The van der Waals surface area contributed by atoms with Gasteiger partial charge >= 0.3 is 6.09 Å². The van der Waals surface area contributed by atoms with Crippen molar-refractivity contribution in [2.24, 2.45) is 0 Å². The van der Waals surface area contributed by atoms with Crippen LogP contribution >= 0.6 is 0 Å². The lowest BCUT2D eigenvalue weighted by Gasteiger charge is -2.11. The quantitative estimate of drug-likeness (QED) is 0.488. The molecule has 6 heteroatoms. The number of nitriles is 1. The summed E-state index contributed by atoms with van der Waals surface area (Å²) in [7, 11) is 1.62. The number of nitrogens with one attached hydrogen (secondary N) is 1. The van der Waals surface area contributed by atoms with Crippen molar-refractivity contribution in [1.29, 1.82) is 5.26 Å². The van der Waals surface area contributed by atoms with Crippen molar-refractivity contribution in [3.8, 4) is 35.4 Å². The molecule has 0 fully saturated rings. The summed E-state index contributed by atoms with van der Waals surface area (Å²) in [5, 5.41) is 13.4. The second kappa shape index (κ2) is 8.86. The Balaban J connectivity index is 2.03. The molecule has 0 aliphatic heterocycles. The fourth-order valence-corrected chi connectivity index (χ4v) is 3.30. The Labute approximate surface area is 169 Å². The van der Waals surface area contributed by atoms with Crippen molar-refractivity contribution in [1.82, 2.24) is 4.57 Å². The number of hydrogen-bond donors (Lipinski definition) is 1. The fourth-order valence-electron chi connectivity index (χ4n) is 3.30. The Kier molecular flexibility index (Phi) is 6.06. The molecular formula is C23H21N3O3. The van der Waals surface area contributed by atoms with E-state index >= 15 is 0 Å². The maximum atomic E-state index is 11.9. The van der Waals surface area contributed by atoms with E-state index in [0.29, 0.717) is 24.2 Å². The van der Waals surface area contributed by atoms with Crippen LogP contribution in [0, 0.1) is 23.7 Å². The van der Waals surface area contributed by atoms with Gasteiger partial charge in [-0.2, -0.15) is 5.26 Å². The molecule has 0 saturated carbocycles. The maximum Gasteiger partial charge on any atom is 0.411 e. The van der Waals surface area contributed by atoms with Crippen LogP contribution in [0.4, 0.5) is 10.5 Å². The first-order valence-electron chi connectivity index (χ1n) is 9.21. The van der Waals surface area contributed by atoms with Crippen molar-refractivity contribution in [3.05, 3.63) is 48.0 Å². The van der Waals surface area contributed by atoms with E-state index in [2.05, 4.69) is 21.9 Å². The number of amides is 1. The van der Waals surface area contributed by atoms with E-state index < -0.39 is 6.09 Å². The number of rotatable bonds is 6. The standard InChI is InChI=1S/C23H21N3O3/c1-4-6-12-29-23(27)25-17-9-7-8-16(13-17)22-20(15-24)19-11-10-18(28-3)14-21(19)26(22)5-2/h1,7-11,13-14H,5-6,12H2,2-3H3,(H,25,27). The van der Waals surface area contributed by atoms with Crippen molar-refractivity contribution < 1.29 is 14.3 Å². The fraction of sp³-hybridized carbons (Fsp3) is 0.217. The summed E-state index contributed by atoms with van der Waals surface area (Å²) >= 11 is 0. The molecule has 0 atom stereocenters. The lowest BCUT2D eigenvalue weighted by molar-refractivity contribution is 0.164. The van der Waals surface area contributed by atoms with Gasteiger partial charge in [-0.25, -0.2) is 4.79 Å². The van der Waals surface area contributed by atoms with E-state index in [1.807, 2.05) is 43.3 Å². The molecule has 0 aliphatic carbocycles. The minimum Gasteiger partial charge on any atom is -0.497 e. The molecule has 1 amide bonds. The lowest BCUT2D eigenvalue weighted by atomic mass is 10.1. The van der Waals surface area contributed by atoms with Crippen molar-refractivity contribution >= 4 is 22.7 Å². The number of ether oxygens (including phenoxy) is 2. The van der Waals surface area contributed by atoms with Crippen LogP contribution in [-0.4, -0.2) is 24.4 Å². The zero-order valence-corrected chi connectivity index (χ0v) is 16.4. The summed E-state index contributed by atoms with van der Waals surface area (Å²) in [5.74, 6) is 3.14. The smallest absolute Gasteiger partial charge is 0.411 e. The molecule has 1 heterocycles. The highest BCUT2D eigenvalue weighted by molar-refractivity contribution is 5.96. The normalized spacial score (nSPS) is 10.2. The van der Waals surface area contributed by atoms with Crippen LogP contribution in [0.15, 0.2) is 42.5 Å². The third kappa shape index (κ3) is 4.02. The molecule has 0 bridgehead atoms. The van der Waals surface area contributed by atoms with Gasteiger partial charge < -0.3 is 14.0 Å². The molecule has 3 aromatic rings. The second-order valence-electron chi connectivity index (χ2n) is 6.26. The van der Waals surface area contributed by atoms with Gasteiger partial charge in [0, 0.05) is 35.7 Å². The first-order chi connectivity index (χ1) is 14.1. The average molecular weight is 387 g/mol. The Hall–Kier alpha value is -3.90. The number of methoxy groups -OCH3 is 1. The Morgan fingerprint density at radius 3 is 2.79 bits per heavy atom. The van der Waals surface area contributed by atoms with E-state index in [1.54, 1.807) is 13.2 Å². The van der Waals surface area contributed by atoms with E-state index in [4.69, 9.17) is 15.9 Å². The molecule has 6 nitrogen and oxygen atoms in total. The number of aryl methyl sites for hydroxylation is 1. The zero-order valence-electron chi connectivity index (χ0n) is 16.4. The average Bonchev–Trinajstić information content (AvgIpc) is 3.06. The van der Waals surface area contributed by atoms with Gasteiger partial charge in [0.25, 0.3) is 0 Å². The van der Waals surface area contributed by atoms with E-state index in [9.17, 15) is 10.1 Å². The van der Waals surface area contributed by atoms with Gasteiger partial charge in [-0.15, -0.1) is 12.3 Å². The molecule has 1 N–H and O–H groups in total. The van der Waals surface area contributed by atoms with Gasteiger partial charge in [0.1, 0.15) is 18.4 Å². The number of terminal acetylenes is 1. The van der Waals surface area contributed by atoms with Gasteiger partial charge in [-0.05, 0) is 31.2 Å². The van der Waals surface area contributed by atoms with E-state index in [0.717, 1.165) is 27.9 Å². The van der Waals surface area contributed by atoms with Crippen molar-refractivity contribution in [2.75, 3.05) is 19.0 Å². The summed E-state index contributed by atoms with van der Waals surface area (Å²) in [6, 6.07) is 15.3. The molecule has 2 aromatic carbocycles. The maximum absolute atomic E-state index is 11.9. The topological polar surface area (TPSA) is 76.3 Å². The van der Waals surface area contributed by atoms with Crippen molar-refractivity contribution in [2.45, 2.75) is 19.9 Å². The van der Waals surface area contributed by atoms with E-state index in [1.165, 1.54) is 0 Å². The van der Waals surface area contributed by atoms with Gasteiger partial charge in [0.15, 0.2) is 0 Å². The van der Waals surface area contributed by atoms with Crippen LogP contribution in [-0.2, 0) is 11.3 Å². The minimum absolute atomic E-state index is 0.159. The number of carbonyl (C=O) groups excluding carboxylic acids is 1. The van der Waals surface area contributed by atoms with Crippen molar-refractivity contribution in [3.63, 3.8) is 0 Å². The minimum atomic E-state index is -0.571. The molecule has 0 aliphatic rings. The third-order valence-electron chi connectivity index (χ3n) is 4.56. The van der Waals surface area contributed by atoms with Gasteiger partial charge in [-0.1, -0.05) is 12.1 Å². The molecule has 3 rings (SSSR count). The Bertz CT molecular complexity index is 1130. The summed E-state index contributed by atoms with van der Waals surface area (Å²) in [6.07, 6.45) is 4.95. The second-order valence-corrected chi connectivity index (χ2v) is 6.26. The highest BCUT2D eigenvalue weighted by Gasteiger charge is 2.19. The van der Waals surface area contributed by atoms with Crippen LogP contribution in [0.2, 0.25) is 0 Å². The monoisotopic (exact) mass is 387 g/mol. The molecule has 0 radical (unpaired) electrons. The predicted molar refractivity (Wildman–Crippen MR) is 113 cm³/mol. The van der Waals surface area contributed by atoms with Gasteiger partial charge in [0.05, 0.1) is 23.9 Å². The van der Waals surface area contributed by atoms with Crippen LogP contribution < -0.4 is 10.1 Å². The largest absolute Gasteiger partial charge is 0.497 e. The highest BCUT2D eigenvalue weighted by atomic mass is 16.5. The first-order valence-corrected chi connectivity index (χ1v) is 9.21. The van der Waals surface area contributed by atoms with E-state index in [-0.39, 0.29) is 6.61 Å². The molecule has 29 heavy (non-hydrogen) atoms. The molecular weight excluding hydrogens is 366 g/mol. The summed E-state index contributed by atoms with van der Waals surface area (Å²) in [6.45, 7) is 2.85. The predicted octanol–water partition coefficient (Wildman–Crippen LogP) is 4.78. The number of hydrogen-bond acceptors (Lipinski definition) is 4. The van der Waals surface area contributed by atoms with Crippen LogP contribution in [0.3, 0.4) is 0 Å². The zero-order chi connectivity index (χ0) is 20.8. The number of fused-ring (bicyclic) bond motifs is 1. The molecule has 0 saturated heterocycles. The SMILES string of the molecule is C#CCCOC(=O)Nc1cccc(-c2c(C#N)c3ccc(OC)cc3n2CC)c1. The van der Waals surface area contributed by atoms with Crippen LogP contribution in [0.5, 0.6) is 5.75 Å². The Morgan fingerprint density at radius 1 is 1.28 bits per heavy atom. The third-order valence-corrected chi connectivity index (χ3v) is 4.56.